The normalized spacial score (nSPS) is 14.4. The molecule has 0 bridgehead atoms. The molecule has 0 radical (unpaired) electrons. The first-order chi connectivity index (χ1) is 14.5. The number of halogens is 3. The van der Waals surface area contributed by atoms with Gasteiger partial charge in [0.1, 0.15) is 11.3 Å². The van der Waals surface area contributed by atoms with Crippen LogP contribution in [0.2, 0.25) is 0 Å². The Bertz CT molecular complexity index is 1060. The standard InChI is InChI=1S/C22H23F2N3O2S.ClH/c1-15-3-2-4-16(11-15)12-20(28)27(6-5-26-7-9-29-10-8-26)22-25-21-18(24)13-17(23)14-19(21)30-22;/h2-4,11,13-14H,5-10,12H2,1H3;1H. The van der Waals surface area contributed by atoms with Gasteiger partial charge in [0.25, 0.3) is 0 Å². The van der Waals surface area contributed by atoms with Gasteiger partial charge in [-0.3, -0.25) is 14.6 Å². The van der Waals surface area contributed by atoms with Gasteiger partial charge in [-0.25, -0.2) is 13.8 Å². The predicted molar refractivity (Wildman–Crippen MR) is 121 cm³/mol. The molecule has 5 nitrogen and oxygen atoms in total. The van der Waals surface area contributed by atoms with E-state index in [1.807, 2.05) is 31.2 Å². The Balaban J connectivity index is 0.00000272. The van der Waals surface area contributed by atoms with Crippen LogP contribution >= 0.6 is 23.7 Å². The van der Waals surface area contributed by atoms with Crippen molar-refractivity contribution in [3.05, 3.63) is 59.2 Å². The molecule has 0 N–H and O–H groups in total. The second-order valence-corrected chi connectivity index (χ2v) is 8.41. The molecular weight excluding hydrogens is 444 g/mol. The minimum atomic E-state index is -0.716. The number of amides is 1. The molecule has 1 aliphatic rings. The van der Waals surface area contributed by atoms with Crippen molar-refractivity contribution in [2.45, 2.75) is 13.3 Å². The lowest BCUT2D eigenvalue weighted by Gasteiger charge is -2.29. The fourth-order valence-electron chi connectivity index (χ4n) is 3.55. The smallest absolute Gasteiger partial charge is 0.233 e. The molecule has 2 heterocycles. The minimum absolute atomic E-state index is 0. The first-order valence-corrected chi connectivity index (χ1v) is 10.7. The summed E-state index contributed by atoms with van der Waals surface area (Å²) in [5, 5.41) is 0.389. The zero-order valence-electron chi connectivity index (χ0n) is 17.1. The Morgan fingerprint density at radius 2 is 2.00 bits per heavy atom. The van der Waals surface area contributed by atoms with Crippen molar-refractivity contribution in [3.63, 3.8) is 0 Å². The van der Waals surface area contributed by atoms with Crippen molar-refractivity contribution in [3.8, 4) is 0 Å². The monoisotopic (exact) mass is 467 g/mol. The van der Waals surface area contributed by atoms with Gasteiger partial charge in [0.15, 0.2) is 10.9 Å². The van der Waals surface area contributed by atoms with E-state index in [0.717, 1.165) is 41.6 Å². The lowest BCUT2D eigenvalue weighted by atomic mass is 10.1. The van der Waals surface area contributed by atoms with Gasteiger partial charge in [0.05, 0.1) is 24.3 Å². The first-order valence-electron chi connectivity index (χ1n) is 9.91. The molecule has 1 fully saturated rings. The van der Waals surface area contributed by atoms with Crippen molar-refractivity contribution >= 4 is 45.0 Å². The number of aryl methyl sites for hydroxylation is 1. The van der Waals surface area contributed by atoms with Gasteiger partial charge in [0, 0.05) is 32.2 Å². The van der Waals surface area contributed by atoms with E-state index in [0.29, 0.717) is 36.1 Å². The third kappa shape index (κ3) is 5.77. The quantitative estimate of drug-likeness (QED) is 0.544. The van der Waals surface area contributed by atoms with Crippen LogP contribution < -0.4 is 4.90 Å². The third-order valence-corrected chi connectivity index (χ3v) is 6.14. The zero-order valence-corrected chi connectivity index (χ0v) is 18.8. The number of rotatable bonds is 6. The number of carbonyl (C=O) groups is 1. The maximum Gasteiger partial charge on any atom is 0.233 e. The number of fused-ring (bicyclic) bond motifs is 1. The van der Waals surface area contributed by atoms with Crippen LogP contribution in [0.1, 0.15) is 11.1 Å². The molecule has 9 heteroatoms. The van der Waals surface area contributed by atoms with Crippen molar-refractivity contribution in [1.82, 2.24) is 9.88 Å². The number of morpholine rings is 1. The summed E-state index contributed by atoms with van der Waals surface area (Å²) in [5.74, 6) is -1.48. The second-order valence-electron chi connectivity index (χ2n) is 7.40. The van der Waals surface area contributed by atoms with Gasteiger partial charge in [-0.15, -0.1) is 12.4 Å². The van der Waals surface area contributed by atoms with Crippen LogP contribution in [-0.2, 0) is 16.0 Å². The van der Waals surface area contributed by atoms with Gasteiger partial charge >= 0.3 is 0 Å². The van der Waals surface area contributed by atoms with Gasteiger partial charge in [-0.2, -0.15) is 0 Å². The van der Waals surface area contributed by atoms with Crippen molar-refractivity contribution in [2.24, 2.45) is 0 Å². The van der Waals surface area contributed by atoms with Crippen LogP contribution in [0.4, 0.5) is 13.9 Å². The molecule has 0 saturated carbocycles. The number of anilines is 1. The Labute approximate surface area is 190 Å². The lowest BCUT2D eigenvalue weighted by molar-refractivity contribution is -0.118. The molecule has 2 aromatic carbocycles. The second kappa shape index (κ2) is 10.5. The van der Waals surface area contributed by atoms with Gasteiger partial charge in [0.2, 0.25) is 5.91 Å². The fourth-order valence-corrected chi connectivity index (χ4v) is 4.59. The van der Waals surface area contributed by atoms with Crippen molar-refractivity contribution in [1.29, 1.82) is 0 Å². The number of hydrogen-bond acceptors (Lipinski definition) is 5. The number of ether oxygens (including phenoxy) is 1. The molecule has 1 amide bonds. The number of aromatic nitrogens is 1. The average molecular weight is 468 g/mol. The number of thiazole rings is 1. The average Bonchev–Trinajstić information content (AvgIpc) is 3.13. The summed E-state index contributed by atoms with van der Waals surface area (Å²) in [6.07, 6.45) is 0.220. The molecular formula is C22H24ClF2N3O2S. The van der Waals surface area contributed by atoms with E-state index in [1.165, 1.54) is 6.07 Å². The Morgan fingerprint density at radius 1 is 1.23 bits per heavy atom. The lowest BCUT2D eigenvalue weighted by Crippen LogP contribution is -2.43. The molecule has 0 atom stereocenters. The molecule has 1 saturated heterocycles. The highest BCUT2D eigenvalue weighted by atomic mass is 35.5. The largest absolute Gasteiger partial charge is 0.379 e. The summed E-state index contributed by atoms with van der Waals surface area (Å²) >= 11 is 1.13. The molecule has 4 rings (SSSR count). The van der Waals surface area contributed by atoms with Gasteiger partial charge in [-0.1, -0.05) is 41.2 Å². The maximum absolute atomic E-state index is 14.2. The van der Waals surface area contributed by atoms with Crippen molar-refractivity contribution < 1.29 is 18.3 Å². The molecule has 1 aliphatic heterocycles. The molecule has 166 valence electrons. The molecule has 0 spiro atoms. The van der Waals surface area contributed by atoms with Crippen LogP contribution in [0, 0.1) is 18.6 Å². The Hall–Kier alpha value is -2.13. The fraction of sp³-hybridized carbons (Fsp3) is 0.364. The highest BCUT2D eigenvalue weighted by molar-refractivity contribution is 7.22. The number of benzene rings is 2. The SMILES string of the molecule is Cc1cccc(CC(=O)N(CCN2CCOCC2)c2nc3c(F)cc(F)cc3s2)c1.Cl. The Kier molecular flexibility index (Phi) is 7.94. The summed E-state index contributed by atoms with van der Waals surface area (Å²) in [5.41, 5.74) is 2.09. The molecule has 0 aliphatic carbocycles. The van der Waals surface area contributed by atoms with Crippen LogP contribution in [0.15, 0.2) is 36.4 Å². The van der Waals surface area contributed by atoms with E-state index in [9.17, 15) is 13.6 Å². The molecule has 1 aromatic heterocycles. The van der Waals surface area contributed by atoms with Gasteiger partial charge in [-0.05, 0) is 18.6 Å². The van der Waals surface area contributed by atoms with Crippen LogP contribution in [0.5, 0.6) is 0 Å². The number of nitrogens with zero attached hydrogens (tertiary/aromatic N) is 3. The minimum Gasteiger partial charge on any atom is -0.379 e. The Morgan fingerprint density at radius 3 is 2.74 bits per heavy atom. The summed E-state index contributed by atoms with van der Waals surface area (Å²) < 4.78 is 33.6. The topological polar surface area (TPSA) is 45.7 Å². The van der Waals surface area contributed by atoms with E-state index in [1.54, 1.807) is 4.90 Å². The number of carbonyl (C=O) groups excluding carboxylic acids is 1. The summed E-state index contributed by atoms with van der Waals surface area (Å²) in [6.45, 7) is 6.02. The highest BCUT2D eigenvalue weighted by Crippen LogP contribution is 2.31. The van der Waals surface area contributed by atoms with E-state index < -0.39 is 11.6 Å². The maximum atomic E-state index is 14.2. The van der Waals surface area contributed by atoms with Gasteiger partial charge < -0.3 is 4.74 Å². The third-order valence-electron chi connectivity index (χ3n) is 5.12. The van der Waals surface area contributed by atoms with E-state index in [-0.39, 0.29) is 30.3 Å². The summed E-state index contributed by atoms with van der Waals surface area (Å²) in [7, 11) is 0. The number of hydrogen-bond donors (Lipinski definition) is 0. The molecule has 31 heavy (non-hydrogen) atoms. The molecule has 3 aromatic rings. The predicted octanol–water partition coefficient (Wildman–Crippen LogP) is 4.21. The van der Waals surface area contributed by atoms with Crippen LogP contribution in [0.25, 0.3) is 10.2 Å². The van der Waals surface area contributed by atoms with E-state index >= 15 is 0 Å². The van der Waals surface area contributed by atoms with Crippen LogP contribution in [0.3, 0.4) is 0 Å². The van der Waals surface area contributed by atoms with Crippen LogP contribution in [-0.4, -0.2) is 55.2 Å². The van der Waals surface area contributed by atoms with E-state index in [2.05, 4.69) is 9.88 Å². The molecule has 0 unspecified atom stereocenters. The first kappa shape index (κ1) is 23.5. The van der Waals surface area contributed by atoms with E-state index in [4.69, 9.17) is 4.74 Å². The highest BCUT2D eigenvalue weighted by Gasteiger charge is 2.23. The van der Waals surface area contributed by atoms with Crippen molar-refractivity contribution in [2.75, 3.05) is 44.3 Å². The zero-order chi connectivity index (χ0) is 21.1. The summed E-state index contributed by atoms with van der Waals surface area (Å²) in [6, 6.07) is 9.87. The summed E-state index contributed by atoms with van der Waals surface area (Å²) in [4.78, 5) is 21.4.